The van der Waals surface area contributed by atoms with Crippen LogP contribution in [-0.2, 0) is 17.8 Å². The molecule has 3 nitrogen and oxygen atoms in total. The van der Waals surface area contributed by atoms with E-state index in [1.807, 2.05) is 42.5 Å². The summed E-state index contributed by atoms with van der Waals surface area (Å²) >= 11 is 0. The number of carbonyl (C=O) groups is 1. The molecule has 0 aliphatic heterocycles. The van der Waals surface area contributed by atoms with Gasteiger partial charge in [0.15, 0.2) is 6.10 Å². The van der Waals surface area contributed by atoms with Gasteiger partial charge in [0.2, 0.25) is 0 Å². The molecule has 25 heavy (non-hydrogen) atoms. The topological polar surface area (TPSA) is 38.3 Å². The molecule has 0 fully saturated rings. The number of benzene rings is 3. The number of amides is 1. The van der Waals surface area contributed by atoms with Gasteiger partial charge in [-0.3, -0.25) is 4.79 Å². The fourth-order valence-electron chi connectivity index (χ4n) is 2.84. The average Bonchev–Trinajstić information content (AvgIpc) is 2.66. The summed E-state index contributed by atoms with van der Waals surface area (Å²) < 4.78 is 5.84. The summed E-state index contributed by atoms with van der Waals surface area (Å²) in [6, 6.07) is 22.3. The minimum absolute atomic E-state index is 0.112. The van der Waals surface area contributed by atoms with Gasteiger partial charge in [-0.15, -0.1) is 0 Å². The van der Waals surface area contributed by atoms with Crippen LogP contribution in [0.1, 0.15) is 25.0 Å². The molecule has 0 heterocycles. The Balaban J connectivity index is 1.61. The summed E-state index contributed by atoms with van der Waals surface area (Å²) in [4.78, 5) is 12.3. The van der Waals surface area contributed by atoms with E-state index in [4.69, 9.17) is 4.74 Å². The molecule has 0 radical (unpaired) electrons. The number of aryl methyl sites for hydroxylation is 1. The number of hydrogen-bond acceptors (Lipinski definition) is 2. The van der Waals surface area contributed by atoms with Crippen molar-refractivity contribution < 1.29 is 9.53 Å². The van der Waals surface area contributed by atoms with Crippen molar-refractivity contribution in [3.05, 3.63) is 77.9 Å². The van der Waals surface area contributed by atoms with Gasteiger partial charge in [0.05, 0.1) is 0 Å². The second-order valence-electron chi connectivity index (χ2n) is 6.12. The maximum Gasteiger partial charge on any atom is 0.261 e. The lowest BCUT2D eigenvalue weighted by atomic mass is 10.1. The van der Waals surface area contributed by atoms with Crippen molar-refractivity contribution in [3.8, 4) is 5.75 Å². The Hall–Kier alpha value is -2.81. The Kier molecular flexibility index (Phi) is 5.34. The van der Waals surface area contributed by atoms with E-state index in [0.717, 1.165) is 23.3 Å². The highest BCUT2D eigenvalue weighted by atomic mass is 16.5. The molecule has 0 aliphatic carbocycles. The Morgan fingerprint density at radius 2 is 1.72 bits per heavy atom. The van der Waals surface area contributed by atoms with Crippen LogP contribution in [0, 0.1) is 0 Å². The van der Waals surface area contributed by atoms with Gasteiger partial charge in [0, 0.05) is 6.54 Å². The largest absolute Gasteiger partial charge is 0.481 e. The van der Waals surface area contributed by atoms with E-state index >= 15 is 0 Å². The molecular formula is C22H23NO2. The van der Waals surface area contributed by atoms with E-state index in [1.54, 1.807) is 6.92 Å². The minimum Gasteiger partial charge on any atom is -0.481 e. The van der Waals surface area contributed by atoms with Gasteiger partial charge >= 0.3 is 0 Å². The number of rotatable bonds is 6. The number of nitrogens with one attached hydrogen (secondary N) is 1. The van der Waals surface area contributed by atoms with Crippen LogP contribution in [-0.4, -0.2) is 12.0 Å². The van der Waals surface area contributed by atoms with Crippen LogP contribution < -0.4 is 10.1 Å². The lowest BCUT2D eigenvalue weighted by Gasteiger charge is -2.17. The van der Waals surface area contributed by atoms with Gasteiger partial charge in [0.1, 0.15) is 5.75 Å². The molecule has 0 aliphatic rings. The predicted octanol–water partition coefficient (Wildman–Crippen LogP) is 4.49. The van der Waals surface area contributed by atoms with Gasteiger partial charge < -0.3 is 10.1 Å². The average molecular weight is 333 g/mol. The number of hydrogen-bond donors (Lipinski definition) is 1. The molecule has 1 atom stereocenters. The summed E-state index contributed by atoms with van der Waals surface area (Å²) in [7, 11) is 0. The fourth-order valence-corrected chi connectivity index (χ4v) is 2.84. The highest BCUT2D eigenvalue weighted by Crippen LogP contribution is 2.20. The van der Waals surface area contributed by atoms with Crippen molar-refractivity contribution in [2.45, 2.75) is 32.9 Å². The van der Waals surface area contributed by atoms with Crippen molar-refractivity contribution in [3.63, 3.8) is 0 Å². The van der Waals surface area contributed by atoms with E-state index in [0.29, 0.717) is 6.54 Å². The lowest BCUT2D eigenvalue weighted by Crippen LogP contribution is -2.36. The van der Waals surface area contributed by atoms with Crippen LogP contribution in [0.2, 0.25) is 0 Å². The van der Waals surface area contributed by atoms with Crippen LogP contribution in [0.5, 0.6) is 5.75 Å². The maximum atomic E-state index is 12.3. The smallest absolute Gasteiger partial charge is 0.261 e. The molecule has 128 valence electrons. The summed E-state index contributed by atoms with van der Waals surface area (Å²) in [5.74, 6) is 0.664. The van der Waals surface area contributed by atoms with Gasteiger partial charge in [-0.2, -0.15) is 0 Å². The van der Waals surface area contributed by atoms with Crippen molar-refractivity contribution >= 4 is 16.7 Å². The Bertz CT molecular complexity index is 873. The van der Waals surface area contributed by atoms with Crippen molar-refractivity contribution in [1.82, 2.24) is 5.32 Å². The molecule has 0 saturated heterocycles. The van der Waals surface area contributed by atoms with Gasteiger partial charge in [0.25, 0.3) is 5.91 Å². The molecule has 3 heteroatoms. The minimum atomic E-state index is -0.534. The van der Waals surface area contributed by atoms with Crippen LogP contribution in [0.4, 0.5) is 0 Å². The standard InChI is InChI=1S/C22H23NO2/c1-3-18-8-6-7-11-21(18)25-16(2)22(24)23-15-17-12-13-19-9-4-5-10-20(19)14-17/h4-14,16H,3,15H2,1-2H3,(H,23,24)/t16-/m1/s1. The summed E-state index contributed by atoms with van der Waals surface area (Å²) in [6.45, 7) is 4.35. The first-order chi connectivity index (χ1) is 12.2. The van der Waals surface area contributed by atoms with Gasteiger partial charge in [-0.25, -0.2) is 0 Å². The van der Waals surface area contributed by atoms with Crippen LogP contribution >= 0.6 is 0 Å². The maximum absolute atomic E-state index is 12.3. The third-order valence-corrected chi connectivity index (χ3v) is 4.31. The van der Waals surface area contributed by atoms with E-state index in [9.17, 15) is 4.79 Å². The van der Waals surface area contributed by atoms with Crippen molar-refractivity contribution in [2.24, 2.45) is 0 Å². The number of carbonyl (C=O) groups excluding carboxylic acids is 1. The van der Waals surface area contributed by atoms with E-state index in [2.05, 4.69) is 36.5 Å². The normalized spacial score (nSPS) is 11.9. The van der Waals surface area contributed by atoms with Crippen LogP contribution in [0.25, 0.3) is 10.8 Å². The Morgan fingerprint density at radius 1 is 1.00 bits per heavy atom. The summed E-state index contributed by atoms with van der Waals surface area (Å²) in [6.07, 6.45) is 0.342. The number of para-hydroxylation sites is 1. The predicted molar refractivity (Wildman–Crippen MR) is 102 cm³/mol. The van der Waals surface area contributed by atoms with E-state index in [1.165, 1.54) is 10.8 Å². The molecule has 3 rings (SSSR count). The molecule has 0 bridgehead atoms. The molecule has 3 aromatic carbocycles. The first-order valence-corrected chi connectivity index (χ1v) is 8.67. The highest BCUT2D eigenvalue weighted by Gasteiger charge is 2.15. The quantitative estimate of drug-likeness (QED) is 0.722. The number of ether oxygens (including phenoxy) is 1. The van der Waals surface area contributed by atoms with E-state index < -0.39 is 6.10 Å². The van der Waals surface area contributed by atoms with Crippen LogP contribution in [0.15, 0.2) is 66.7 Å². The first-order valence-electron chi connectivity index (χ1n) is 8.67. The Morgan fingerprint density at radius 3 is 2.52 bits per heavy atom. The zero-order chi connectivity index (χ0) is 17.6. The Labute approximate surface area is 148 Å². The first kappa shape index (κ1) is 17.0. The SMILES string of the molecule is CCc1ccccc1O[C@H](C)C(=O)NCc1ccc2ccccc2c1. The summed E-state index contributed by atoms with van der Waals surface area (Å²) in [5, 5.41) is 5.33. The molecular weight excluding hydrogens is 310 g/mol. The summed E-state index contributed by atoms with van der Waals surface area (Å²) in [5.41, 5.74) is 2.19. The molecule has 0 aromatic heterocycles. The third kappa shape index (κ3) is 4.18. The van der Waals surface area contributed by atoms with Crippen molar-refractivity contribution in [1.29, 1.82) is 0 Å². The third-order valence-electron chi connectivity index (χ3n) is 4.31. The van der Waals surface area contributed by atoms with E-state index in [-0.39, 0.29) is 5.91 Å². The molecule has 0 spiro atoms. The van der Waals surface area contributed by atoms with Crippen LogP contribution in [0.3, 0.4) is 0 Å². The fraction of sp³-hybridized carbons (Fsp3) is 0.227. The zero-order valence-corrected chi connectivity index (χ0v) is 14.7. The molecule has 0 unspecified atom stereocenters. The van der Waals surface area contributed by atoms with Gasteiger partial charge in [-0.1, -0.05) is 61.5 Å². The monoisotopic (exact) mass is 333 g/mol. The van der Waals surface area contributed by atoms with Crippen molar-refractivity contribution in [2.75, 3.05) is 0 Å². The molecule has 3 aromatic rings. The molecule has 1 N–H and O–H groups in total. The second kappa shape index (κ2) is 7.84. The zero-order valence-electron chi connectivity index (χ0n) is 14.7. The number of fused-ring (bicyclic) bond motifs is 1. The van der Waals surface area contributed by atoms with Gasteiger partial charge in [-0.05, 0) is 47.4 Å². The second-order valence-corrected chi connectivity index (χ2v) is 6.12. The molecule has 0 saturated carbocycles. The lowest BCUT2D eigenvalue weighted by molar-refractivity contribution is -0.127. The highest BCUT2D eigenvalue weighted by molar-refractivity contribution is 5.83. The molecule has 1 amide bonds.